The summed E-state index contributed by atoms with van der Waals surface area (Å²) in [4.78, 5) is 2.13. The number of rotatable bonds is 6. The van der Waals surface area contributed by atoms with Crippen LogP contribution in [0.2, 0.25) is 0 Å². The number of hydrogen-bond donors (Lipinski definition) is 2. The third-order valence-electron chi connectivity index (χ3n) is 3.92. The first-order chi connectivity index (χ1) is 10.9. The summed E-state index contributed by atoms with van der Waals surface area (Å²) in [7, 11) is 1.61. The second-order valence-electron chi connectivity index (χ2n) is 5.82. The molecule has 0 aromatic heterocycles. The van der Waals surface area contributed by atoms with E-state index in [0.717, 1.165) is 31.9 Å². The van der Waals surface area contributed by atoms with Crippen LogP contribution in [-0.4, -0.2) is 45.9 Å². The maximum Gasteiger partial charge on any atom is 0.416 e. The maximum absolute atomic E-state index is 13.0. The zero-order valence-corrected chi connectivity index (χ0v) is 13.5. The lowest BCUT2D eigenvalue weighted by atomic mass is 10.1. The molecule has 0 saturated carbocycles. The van der Waals surface area contributed by atoms with Crippen molar-refractivity contribution >= 4 is 5.69 Å². The first kappa shape index (κ1) is 18.0. The molecule has 1 heterocycles. The molecule has 2 rings (SSSR count). The molecule has 0 amide bonds. The average molecular weight is 331 g/mol. The molecular formula is C16H24F3N3O. The van der Waals surface area contributed by atoms with Gasteiger partial charge in [-0.2, -0.15) is 13.2 Å². The van der Waals surface area contributed by atoms with Crippen molar-refractivity contribution in [3.8, 4) is 0 Å². The number of anilines is 1. The van der Waals surface area contributed by atoms with E-state index < -0.39 is 11.7 Å². The zero-order valence-electron chi connectivity index (χ0n) is 13.5. The predicted molar refractivity (Wildman–Crippen MR) is 84.7 cm³/mol. The Morgan fingerprint density at radius 3 is 2.61 bits per heavy atom. The van der Waals surface area contributed by atoms with E-state index in [-0.39, 0.29) is 6.04 Å². The molecular weight excluding hydrogens is 307 g/mol. The predicted octanol–water partition coefficient (Wildman–Crippen LogP) is 2.24. The smallest absolute Gasteiger partial charge is 0.383 e. The Hall–Kier alpha value is -1.31. The molecule has 1 aliphatic rings. The molecule has 0 radical (unpaired) electrons. The first-order valence-corrected chi connectivity index (χ1v) is 7.80. The fourth-order valence-electron chi connectivity index (χ4n) is 2.71. The number of alkyl halides is 3. The molecule has 1 fully saturated rings. The second kappa shape index (κ2) is 7.99. The van der Waals surface area contributed by atoms with Crippen molar-refractivity contribution in [2.75, 3.05) is 44.8 Å². The standard InChI is InChI=1S/C16H24F3N3O/c1-12(11-23-2)21-10-13-9-14(16(17,18)19)3-4-15(13)22-7-5-20-6-8-22/h3-4,9,12,20-21H,5-8,10-11H2,1-2H3/t12-/m0/s1. The van der Waals surface area contributed by atoms with Gasteiger partial charge in [0, 0.05) is 51.6 Å². The van der Waals surface area contributed by atoms with Crippen LogP contribution in [0.25, 0.3) is 0 Å². The Morgan fingerprint density at radius 2 is 2.00 bits per heavy atom. The fraction of sp³-hybridized carbons (Fsp3) is 0.625. The largest absolute Gasteiger partial charge is 0.416 e. The van der Waals surface area contributed by atoms with E-state index in [0.29, 0.717) is 18.7 Å². The van der Waals surface area contributed by atoms with Crippen molar-refractivity contribution in [3.05, 3.63) is 29.3 Å². The lowest BCUT2D eigenvalue weighted by molar-refractivity contribution is -0.137. The number of methoxy groups -OCH3 is 1. The Balaban J connectivity index is 2.21. The third-order valence-corrected chi connectivity index (χ3v) is 3.92. The van der Waals surface area contributed by atoms with Crippen molar-refractivity contribution in [2.24, 2.45) is 0 Å². The third kappa shape index (κ3) is 5.09. The number of piperazine rings is 1. The number of nitrogens with zero attached hydrogens (tertiary/aromatic N) is 1. The minimum Gasteiger partial charge on any atom is -0.383 e. The van der Waals surface area contributed by atoms with Crippen LogP contribution in [-0.2, 0) is 17.5 Å². The molecule has 0 bridgehead atoms. The quantitative estimate of drug-likeness (QED) is 0.838. The minimum absolute atomic E-state index is 0.0745. The minimum atomic E-state index is -4.32. The lowest BCUT2D eigenvalue weighted by Gasteiger charge is -2.32. The van der Waals surface area contributed by atoms with Gasteiger partial charge in [-0.05, 0) is 30.7 Å². The number of hydrogen-bond acceptors (Lipinski definition) is 4. The van der Waals surface area contributed by atoms with Gasteiger partial charge in [0.05, 0.1) is 12.2 Å². The highest BCUT2D eigenvalue weighted by Gasteiger charge is 2.31. The zero-order chi connectivity index (χ0) is 16.9. The van der Waals surface area contributed by atoms with E-state index in [9.17, 15) is 13.2 Å². The Kier molecular flexibility index (Phi) is 6.26. The number of benzene rings is 1. The Bertz CT molecular complexity index is 502. The van der Waals surface area contributed by atoms with Gasteiger partial charge in [-0.1, -0.05) is 0 Å². The molecule has 0 unspecified atom stereocenters. The van der Waals surface area contributed by atoms with Gasteiger partial charge in [0.2, 0.25) is 0 Å². The molecule has 1 aromatic rings. The summed E-state index contributed by atoms with van der Waals surface area (Å²) in [6.07, 6.45) is -4.32. The van der Waals surface area contributed by atoms with Crippen LogP contribution in [0.4, 0.5) is 18.9 Å². The van der Waals surface area contributed by atoms with Crippen molar-refractivity contribution in [1.82, 2.24) is 10.6 Å². The summed E-state index contributed by atoms with van der Waals surface area (Å²) in [6.45, 7) is 6.12. The molecule has 1 saturated heterocycles. The van der Waals surface area contributed by atoms with Crippen molar-refractivity contribution in [2.45, 2.75) is 25.7 Å². The summed E-state index contributed by atoms with van der Waals surface area (Å²) in [5.74, 6) is 0. The highest BCUT2D eigenvalue weighted by atomic mass is 19.4. The molecule has 1 aliphatic heterocycles. The van der Waals surface area contributed by atoms with Gasteiger partial charge in [0.25, 0.3) is 0 Å². The maximum atomic E-state index is 13.0. The van der Waals surface area contributed by atoms with E-state index >= 15 is 0 Å². The van der Waals surface area contributed by atoms with Gasteiger partial charge in [-0.3, -0.25) is 0 Å². The lowest BCUT2D eigenvalue weighted by Crippen LogP contribution is -2.44. The van der Waals surface area contributed by atoms with Crippen LogP contribution in [0.5, 0.6) is 0 Å². The van der Waals surface area contributed by atoms with Crippen LogP contribution in [0.15, 0.2) is 18.2 Å². The normalized spacial score (nSPS) is 17.3. The number of halogens is 3. The van der Waals surface area contributed by atoms with Crippen LogP contribution in [0.1, 0.15) is 18.1 Å². The Morgan fingerprint density at radius 1 is 1.30 bits per heavy atom. The summed E-state index contributed by atoms with van der Waals surface area (Å²) in [5, 5.41) is 6.48. The van der Waals surface area contributed by atoms with E-state index in [2.05, 4.69) is 15.5 Å². The van der Waals surface area contributed by atoms with Crippen molar-refractivity contribution in [3.63, 3.8) is 0 Å². The molecule has 23 heavy (non-hydrogen) atoms. The van der Waals surface area contributed by atoms with Crippen LogP contribution < -0.4 is 15.5 Å². The number of ether oxygens (including phenoxy) is 1. The molecule has 130 valence electrons. The highest BCUT2D eigenvalue weighted by Crippen LogP contribution is 2.33. The van der Waals surface area contributed by atoms with Gasteiger partial charge in [0.1, 0.15) is 0 Å². The van der Waals surface area contributed by atoms with Gasteiger partial charge in [-0.15, -0.1) is 0 Å². The van der Waals surface area contributed by atoms with Crippen molar-refractivity contribution in [1.29, 1.82) is 0 Å². The second-order valence-corrected chi connectivity index (χ2v) is 5.82. The monoisotopic (exact) mass is 331 g/mol. The van der Waals surface area contributed by atoms with E-state index in [1.54, 1.807) is 13.2 Å². The van der Waals surface area contributed by atoms with Crippen LogP contribution >= 0.6 is 0 Å². The van der Waals surface area contributed by atoms with E-state index in [1.807, 2.05) is 6.92 Å². The van der Waals surface area contributed by atoms with Gasteiger partial charge < -0.3 is 20.3 Å². The van der Waals surface area contributed by atoms with Gasteiger partial charge >= 0.3 is 6.18 Å². The molecule has 1 aromatic carbocycles. The summed E-state index contributed by atoms with van der Waals surface area (Å²) < 4.78 is 44.0. The fourth-order valence-corrected chi connectivity index (χ4v) is 2.71. The van der Waals surface area contributed by atoms with Gasteiger partial charge in [0.15, 0.2) is 0 Å². The molecule has 7 heteroatoms. The van der Waals surface area contributed by atoms with Gasteiger partial charge in [-0.25, -0.2) is 0 Å². The molecule has 0 aliphatic carbocycles. The molecule has 2 N–H and O–H groups in total. The molecule has 0 spiro atoms. The van der Waals surface area contributed by atoms with Crippen molar-refractivity contribution < 1.29 is 17.9 Å². The average Bonchev–Trinajstić information content (AvgIpc) is 2.53. The first-order valence-electron chi connectivity index (χ1n) is 7.80. The molecule has 1 atom stereocenters. The van der Waals surface area contributed by atoms with E-state index in [1.165, 1.54) is 12.1 Å². The van der Waals surface area contributed by atoms with Crippen LogP contribution in [0, 0.1) is 0 Å². The Labute approximate surface area is 135 Å². The van der Waals surface area contributed by atoms with E-state index in [4.69, 9.17) is 4.74 Å². The summed E-state index contributed by atoms with van der Waals surface area (Å²) >= 11 is 0. The number of nitrogens with one attached hydrogen (secondary N) is 2. The highest BCUT2D eigenvalue weighted by molar-refractivity contribution is 5.56. The summed E-state index contributed by atoms with van der Waals surface area (Å²) in [5.41, 5.74) is 0.939. The van der Waals surface area contributed by atoms with Crippen LogP contribution in [0.3, 0.4) is 0 Å². The molecule has 4 nitrogen and oxygen atoms in total. The SMILES string of the molecule is COC[C@H](C)NCc1cc(C(F)(F)F)ccc1N1CCNCC1. The topological polar surface area (TPSA) is 36.5 Å². The summed E-state index contributed by atoms with van der Waals surface area (Å²) in [6, 6.07) is 4.08.